The van der Waals surface area contributed by atoms with E-state index >= 15 is 0 Å². The zero-order valence-corrected chi connectivity index (χ0v) is 9.09. The molecule has 1 aliphatic carbocycles. The molecule has 1 amide bonds. The Morgan fingerprint density at radius 3 is 2.71 bits per heavy atom. The SMILES string of the molecule is CC(NCCCC(N)=O)C1CCCC1. The summed E-state index contributed by atoms with van der Waals surface area (Å²) in [4.78, 5) is 10.5. The molecule has 0 aromatic carbocycles. The highest BCUT2D eigenvalue weighted by molar-refractivity contribution is 5.73. The van der Waals surface area contributed by atoms with Crippen LogP contribution in [0.3, 0.4) is 0 Å². The predicted octanol–water partition coefficient (Wildman–Crippen LogP) is 1.42. The third kappa shape index (κ3) is 4.09. The highest BCUT2D eigenvalue weighted by atomic mass is 16.1. The van der Waals surface area contributed by atoms with Crippen molar-refractivity contribution in [2.24, 2.45) is 11.7 Å². The number of nitrogens with one attached hydrogen (secondary N) is 1. The highest BCUT2D eigenvalue weighted by Crippen LogP contribution is 2.27. The van der Waals surface area contributed by atoms with E-state index < -0.39 is 0 Å². The summed E-state index contributed by atoms with van der Waals surface area (Å²) in [5.74, 6) is 0.656. The summed E-state index contributed by atoms with van der Waals surface area (Å²) in [5, 5.41) is 3.47. The van der Waals surface area contributed by atoms with Crippen molar-refractivity contribution in [2.75, 3.05) is 6.54 Å². The van der Waals surface area contributed by atoms with Crippen LogP contribution in [-0.4, -0.2) is 18.5 Å². The van der Waals surface area contributed by atoms with Crippen molar-refractivity contribution in [2.45, 2.75) is 51.5 Å². The zero-order chi connectivity index (χ0) is 10.4. The van der Waals surface area contributed by atoms with Crippen molar-refractivity contribution >= 4 is 5.91 Å². The fraction of sp³-hybridized carbons (Fsp3) is 0.909. The van der Waals surface area contributed by atoms with Crippen molar-refractivity contribution in [3.05, 3.63) is 0 Å². The van der Waals surface area contributed by atoms with Gasteiger partial charge in [-0.15, -0.1) is 0 Å². The highest BCUT2D eigenvalue weighted by Gasteiger charge is 2.20. The van der Waals surface area contributed by atoms with Crippen LogP contribution < -0.4 is 11.1 Å². The maximum atomic E-state index is 10.5. The zero-order valence-electron chi connectivity index (χ0n) is 9.09. The van der Waals surface area contributed by atoms with Gasteiger partial charge < -0.3 is 11.1 Å². The van der Waals surface area contributed by atoms with Gasteiger partial charge in [0, 0.05) is 12.5 Å². The van der Waals surface area contributed by atoms with E-state index in [-0.39, 0.29) is 5.91 Å². The Morgan fingerprint density at radius 1 is 1.50 bits per heavy atom. The molecule has 0 aliphatic heterocycles. The molecule has 3 N–H and O–H groups in total. The van der Waals surface area contributed by atoms with Gasteiger partial charge in [-0.2, -0.15) is 0 Å². The summed E-state index contributed by atoms with van der Waals surface area (Å²) in [7, 11) is 0. The van der Waals surface area contributed by atoms with Crippen molar-refractivity contribution in [1.29, 1.82) is 0 Å². The molecule has 1 atom stereocenters. The fourth-order valence-electron chi connectivity index (χ4n) is 2.22. The van der Waals surface area contributed by atoms with Crippen molar-refractivity contribution < 1.29 is 4.79 Å². The second kappa shape index (κ2) is 6.02. The summed E-state index contributed by atoms with van der Waals surface area (Å²) >= 11 is 0. The molecule has 0 bridgehead atoms. The molecule has 0 aromatic rings. The molecule has 0 heterocycles. The maximum Gasteiger partial charge on any atom is 0.217 e. The second-order valence-electron chi connectivity index (χ2n) is 4.36. The lowest BCUT2D eigenvalue weighted by Gasteiger charge is -2.20. The van der Waals surface area contributed by atoms with Gasteiger partial charge in [-0.3, -0.25) is 4.79 Å². The second-order valence-corrected chi connectivity index (χ2v) is 4.36. The smallest absolute Gasteiger partial charge is 0.217 e. The number of hydrogen-bond acceptors (Lipinski definition) is 2. The summed E-state index contributed by atoms with van der Waals surface area (Å²) in [5.41, 5.74) is 5.06. The van der Waals surface area contributed by atoms with Crippen molar-refractivity contribution in [1.82, 2.24) is 5.32 Å². The Morgan fingerprint density at radius 2 is 2.14 bits per heavy atom. The van der Waals surface area contributed by atoms with Crippen LogP contribution in [0.15, 0.2) is 0 Å². The number of primary amides is 1. The molecule has 0 radical (unpaired) electrons. The number of amides is 1. The topological polar surface area (TPSA) is 55.1 Å². The van der Waals surface area contributed by atoms with Crippen molar-refractivity contribution in [3.63, 3.8) is 0 Å². The molecule has 0 spiro atoms. The van der Waals surface area contributed by atoms with Crippen LogP contribution >= 0.6 is 0 Å². The lowest BCUT2D eigenvalue weighted by Crippen LogP contribution is -2.33. The first kappa shape index (κ1) is 11.5. The average Bonchev–Trinajstić information content (AvgIpc) is 2.64. The molecule has 82 valence electrons. The minimum Gasteiger partial charge on any atom is -0.370 e. The Kier molecular flexibility index (Phi) is 4.94. The van der Waals surface area contributed by atoms with Gasteiger partial charge in [0.2, 0.25) is 5.91 Å². The van der Waals surface area contributed by atoms with Crippen LogP contribution in [0.25, 0.3) is 0 Å². The number of rotatable bonds is 6. The first-order valence-corrected chi connectivity index (χ1v) is 5.72. The van der Waals surface area contributed by atoms with Gasteiger partial charge in [0.15, 0.2) is 0 Å². The molecule has 1 aliphatic rings. The van der Waals surface area contributed by atoms with Gasteiger partial charge >= 0.3 is 0 Å². The molecule has 1 saturated carbocycles. The standard InChI is InChI=1S/C11H22N2O/c1-9(10-5-2-3-6-10)13-8-4-7-11(12)14/h9-10,13H,2-8H2,1H3,(H2,12,14). The Balaban J connectivity index is 2.02. The van der Waals surface area contributed by atoms with E-state index in [0.717, 1.165) is 18.9 Å². The van der Waals surface area contributed by atoms with Crippen LogP contribution in [0.1, 0.15) is 45.4 Å². The van der Waals surface area contributed by atoms with Crippen LogP contribution in [0.4, 0.5) is 0 Å². The Hall–Kier alpha value is -0.570. The van der Waals surface area contributed by atoms with E-state index in [4.69, 9.17) is 5.73 Å². The summed E-state index contributed by atoms with van der Waals surface area (Å²) < 4.78 is 0. The molecular weight excluding hydrogens is 176 g/mol. The van der Waals surface area contributed by atoms with E-state index in [2.05, 4.69) is 12.2 Å². The first-order valence-electron chi connectivity index (χ1n) is 5.72. The largest absolute Gasteiger partial charge is 0.370 e. The van der Waals surface area contributed by atoms with E-state index in [9.17, 15) is 4.79 Å². The predicted molar refractivity (Wildman–Crippen MR) is 57.9 cm³/mol. The molecule has 3 heteroatoms. The van der Waals surface area contributed by atoms with E-state index in [1.165, 1.54) is 25.7 Å². The third-order valence-electron chi connectivity index (χ3n) is 3.17. The molecule has 1 rings (SSSR count). The first-order chi connectivity index (χ1) is 6.70. The molecule has 0 saturated heterocycles. The normalized spacial score (nSPS) is 19.8. The molecular formula is C11H22N2O. The number of carbonyl (C=O) groups excluding carboxylic acids is 1. The fourth-order valence-corrected chi connectivity index (χ4v) is 2.22. The average molecular weight is 198 g/mol. The van der Waals surface area contributed by atoms with E-state index in [1.54, 1.807) is 0 Å². The van der Waals surface area contributed by atoms with Crippen LogP contribution in [-0.2, 0) is 4.79 Å². The number of nitrogens with two attached hydrogens (primary N) is 1. The lowest BCUT2D eigenvalue weighted by atomic mass is 10.00. The molecule has 1 unspecified atom stereocenters. The summed E-state index contributed by atoms with van der Waals surface area (Å²) in [6.45, 7) is 3.17. The van der Waals surface area contributed by atoms with Crippen LogP contribution in [0.5, 0.6) is 0 Å². The third-order valence-corrected chi connectivity index (χ3v) is 3.17. The molecule has 1 fully saturated rings. The summed E-state index contributed by atoms with van der Waals surface area (Å²) in [6, 6.07) is 0.602. The monoisotopic (exact) mass is 198 g/mol. The Bertz CT molecular complexity index is 176. The minimum atomic E-state index is -0.194. The number of hydrogen-bond donors (Lipinski definition) is 2. The van der Waals surface area contributed by atoms with Gasteiger partial charge in [-0.05, 0) is 38.6 Å². The minimum absolute atomic E-state index is 0.194. The van der Waals surface area contributed by atoms with Gasteiger partial charge in [0.25, 0.3) is 0 Å². The van der Waals surface area contributed by atoms with Crippen molar-refractivity contribution in [3.8, 4) is 0 Å². The summed E-state index contributed by atoms with van der Waals surface area (Å²) in [6.07, 6.45) is 6.88. The van der Waals surface area contributed by atoms with Gasteiger partial charge in [0.1, 0.15) is 0 Å². The molecule has 14 heavy (non-hydrogen) atoms. The van der Waals surface area contributed by atoms with E-state index in [1.807, 2.05) is 0 Å². The number of carbonyl (C=O) groups is 1. The van der Waals surface area contributed by atoms with Gasteiger partial charge in [-0.1, -0.05) is 12.8 Å². The molecule has 3 nitrogen and oxygen atoms in total. The van der Waals surface area contributed by atoms with Crippen LogP contribution in [0.2, 0.25) is 0 Å². The van der Waals surface area contributed by atoms with Crippen LogP contribution in [0, 0.1) is 5.92 Å². The quantitative estimate of drug-likeness (QED) is 0.634. The lowest BCUT2D eigenvalue weighted by molar-refractivity contribution is -0.118. The van der Waals surface area contributed by atoms with E-state index in [0.29, 0.717) is 12.5 Å². The molecule has 0 aromatic heterocycles. The Labute approximate surface area is 86.4 Å². The van der Waals surface area contributed by atoms with Gasteiger partial charge in [-0.25, -0.2) is 0 Å². The van der Waals surface area contributed by atoms with Gasteiger partial charge in [0.05, 0.1) is 0 Å². The maximum absolute atomic E-state index is 10.5.